The number of aliphatic carboxylic acids is 1. The third-order valence-electron chi connectivity index (χ3n) is 11.7. The number of aromatic amines is 2. The lowest BCUT2D eigenvalue weighted by Gasteiger charge is -2.35. The maximum Gasteiger partial charge on any atom is 0.341 e. The number of thiol groups is 1. The number of nitrogens with two attached hydrogens (primary N) is 1. The van der Waals surface area contributed by atoms with Gasteiger partial charge >= 0.3 is 17.9 Å². The zero-order valence-electron chi connectivity index (χ0n) is 39.9. The number of hydrogen-bond acceptors (Lipinski definition) is 9. The number of carboxylic acids is 1. The lowest BCUT2D eigenvalue weighted by molar-refractivity contribution is -0.150. The Morgan fingerprint density at radius 1 is 0.740 bits per heavy atom. The third-order valence-corrected chi connectivity index (χ3v) is 14.6. The first-order valence-electron chi connectivity index (χ1n) is 22.5. The molecule has 2 aromatic heterocycles. The molecule has 8 aromatic rings. The first-order valence-corrected chi connectivity index (χ1v) is 25.3. The number of carbonyl (C=O) groups is 5. The van der Waals surface area contributed by atoms with E-state index < -0.39 is 34.6 Å². The van der Waals surface area contributed by atoms with Gasteiger partial charge < -0.3 is 30.4 Å². The Hall–Kier alpha value is -6.29. The Balaban J connectivity index is 0.000000187. The van der Waals surface area contributed by atoms with Gasteiger partial charge in [-0.15, -0.1) is 24.4 Å². The summed E-state index contributed by atoms with van der Waals surface area (Å²) in [5, 5.41) is 15.2. The molecule has 6 aromatic carbocycles. The fourth-order valence-electron chi connectivity index (χ4n) is 7.84. The van der Waals surface area contributed by atoms with Gasteiger partial charge in [0.25, 0.3) is 0 Å². The van der Waals surface area contributed by atoms with Crippen molar-refractivity contribution in [3.05, 3.63) is 211 Å². The summed E-state index contributed by atoms with van der Waals surface area (Å²) >= 11 is 29.1. The second-order valence-corrected chi connectivity index (χ2v) is 20.5. The number of thioether (sulfide) groups is 1. The Morgan fingerprint density at radius 2 is 1.25 bits per heavy atom. The number of esters is 2. The Labute approximate surface area is 452 Å². The van der Waals surface area contributed by atoms with E-state index in [1.54, 1.807) is 60.6 Å². The normalized spacial score (nSPS) is 16.7. The van der Waals surface area contributed by atoms with Gasteiger partial charge in [0.15, 0.2) is 11.0 Å². The molecular weight excluding hydrogens is 1050 g/mol. The van der Waals surface area contributed by atoms with Crippen LogP contribution in [0.5, 0.6) is 0 Å². The van der Waals surface area contributed by atoms with Crippen LogP contribution in [0.3, 0.4) is 0 Å². The highest BCUT2D eigenvalue weighted by molar-refractivity contribution is 8.01. The summed E-state index contributed by atoms with van der Waals surface area (Å²) in [4.78, 5) is 67.7. The number of ether oxygens (including phenoxy) is 1. The van der Waals surface area contributed by atoms with Crippen molar-refractivity contribution >= 4 is 123 Å². The quantitative estimate of drug-likeness (QED) is 0.0429. The van der Waals surface area contributed by atoms with Crippen LogP contribution >= 0.6 is 70.8 Å². The minimum atomic E-state index is -1.46. The molecule has 1 saturated heterocycles. The molecule has 3 atom stereocenters. The molecule has 0 aliphatic carbocycles. The summed E-state index contributed by atoms with van der Waals surface area (Å²) in [5.41, 5.74) is 13.2. The summed E-state index contributed by atoms with van der Waals surface area (Å²) in [5.74, 6) is -3.11. The number of benzene rings is 6. The average Bonchev–Trinajstić information content (AvgIpc) is 4.11. The van der Waals surface area contributed by atoms with Crippen LogP contribution in [-0.2, 0) is 37.0 Å². The molecule has 0 saturated carbocycles. The number of hydrogen-bond donors (Lipinski definition) is 5. The monoisotopic (exact) mass is 1090 g/mol. The molecular formula is C56H50Cl4N4O7S2. The number of likely N-dealkylation sites (tertiary alicyclic amines) is 1. The molecule has 2 aliphatic heterocycles. The molecule has 0 bridgehead atoms. The van der Waals surface area contributed by atoms with Crippen LogP contribution in [0, 0.1) is 19.8 Å². The van der Waals surface area contributed by atoms with Gasteiger partial charge in [0.05, 0.1) is 12.0 Å². The molecule has 376 valence electrons. The zero-order chi connectivity index (χ0) is 53.0. The molecule has 5 N–H and O–H groups in total. The standard InChI is InChI=1S/C28H24Cl2N2O3S.C9H6ClNO.C7H8ClN.C7H8S.C5H4O3/c1-16-3-10-21(11-4-16)36-28(27(34)35)17(2)26(33)32(15-18-5-7-19(29)8-6-18)25(28)23-14-31-24-13-20(30)9-12-22(23)24;10-7-1-2-8-6(5-12)4-11-9(8)3-7;8-7-3-1-6(5-9)2-4-7;1-6-2-4-7(8)5-3-6;1-3-2-4(6)8-5(3)7/h3-14,17,25,31H,15H2,1-2H3,(H,34,35);1-5,11H;1-4H,5,9H2;2-5,8H,1H3;2H,1H3. The van der Waals surface area contributed by atoms with Gasteiger partial charge in [-0.25, -0.2) is 9.59 Å². The van der Waals surface area contributed by atoms with Gasteiger partial charge in [-0.3, -0.25) is 14.4 Å². The molecule has 0 spiro atoms. The lowest BCUT2D eigenvalue weighted by Crippen LogP contribution is -2.44. The predicted octanol–water partition coefficient (Wildman–Crippen LogP) is 13.9. The highest BCUT2D eigenvalue weighted by atomic mass is 35.5. The molecule has 0 radical (unpaired) electrons. The van der Waals surface area contributed by atoms with E-state index >= 15 is 0 Å². The highest BCUT2D eigenvalue weighted by Gasteiger charge is 2.63. The minimum absolute atomic E-state index is 0.208. The van der Waals surface area contributed by atoms with E-state index in [4.69, 9.17) is 52.1 Å². The van der Waals surface area contributed by atoms with Crippen LogP contribution in [0.15, 0.2) is 167 Å². The zero-order valence-corrected chi connectivity index (χ0v) is 44.6. The summed E-state index contributed by atoms with van der Waals surface area (Å²) in [6.45, 7) is 8.14. The van der Waals surface area contributed by atoms with Crippen LogP contribution < -0.4 is 5.73 Å². The van der Waals surface area contributed by atoms with Gasteiger partial charge in [-0.05, 0) is 105 Å². The Kier molecular flexibility index (Phi) is 19.6. The number of H-pyrrole nitrogens is 2. The molecule has 17 heteroatoms. The van der Waals surface area contributed by atoms with Gasteiger partial charge in [0.1, 0.15) is 0 Å². The molecule has 4 heterocycles. The minimum Gasteiger partial charge on any atom is -0.480 e. The maximum atomic E-state index is 13.8. The smallest absolute Gasteiger partial charge is 0.341 e. The molecule has 1 amide bonds. The lowest BCUT2D eigenvalue weighted by atomic mass is 9.86. The summed E-state index contributed by atoms with van der Waals surface area (Å²) in [6.07, 6.45) is 5.47. The van der Waals surface area contributed by atoms with Gasteiger partial charge in [0, 0.05) is 99.9 Å². The number of rotatable bonds is 8. The van der Waals surface area contributed by atoms with Crippen molar-refractivity contribution in [2.75, 3.05) is 0 Å². The number of aryl methyl sites for hydroxylation is 2. The fourth-order valence-corrected chi connectivity index (χ4v) is 9.98. The molecule has 73 heavy (non-hydrogen) atoms. The van der Waals surface area contributed by atoms with Crippen molar-refractivity contribution in [2.45, 2.75) is 61.4 Å². The van der Waals surface area contributed by atoms with Crippen molar-refractivity contribution < 1.29 is 33.8 Å². The SMILES string of the molecule is CC1=CC(=O)OC1=O.Cc1ccc(S)cc1.Cc1ccc(SC2(C(=O)O)C(C)C(=O)N(Cc3ccc(Cl)cc3)C2c2c[nH]c3cc(Cl)ccc23)cc1.NCc1ccc(Cl)cc1.O=Cc1c[nH]c2cc(Cl)ccc12. The van der Waals surface area contributed by atoms with Crippen LogP contribution in [0.25, 0.3) is 21.8 Å². The molecule has 3 unspecified atom stereocenters. The summed E-state index contributed by atoms with van der Waals surface area (Å²) in [7, 11) is 0. The van der Waals surface area contributed by atoms with E-state index in [9.17, 15) is 29.1 Å². The van der Waals surface area contributed by atoms with E-state index in [1.165, 1.54) is 30.3 Å². The van der Waals surface area contributed by atoms with Crippen molar-refractivity contribution in [1.29, 1.82) is 0 Å². The number of fused-ring (bicyclic) bond motifs is 2. The van der Waals surface area contributed by atoms with Crippen LogP contribution in [0.1, 0.15) is 58.1 Å². The number of nitrogens with zero attached hydrogens (tertiary/aromatic N) is 1. The third kappa shape index (κ3) is 14.3. The van der Waals surface area contributed by atoms with E-state index in [0.29, 0.717) is 32.7 Å². The first-order chi connectivity index (χ1) is 34.8. The first kappa shape index (κ1) is 56.0. The van der Waals surface area contributed by atoms with Gasteiger partial charge in [-0.1, -0.05) is 125 Å². The Bertz CT molecular complexity index is 3250. The number of aldehydes is 1. The highest BCUT2D eigenvalue weighted by Crippen LogP contribution is 2.57. The fraction of sp³-hybridized carbons (Fsp3) is 0.161. The second-order valence-electron chi connectivity index (χ2n) is 16.9. The van der Waals surface area contributed by atoms with Gasteiger partial charge in [-0.2, -0.15) is 0 Å². The number of carboxylic acid groups (broad SMARTS) is 1. The molecule has 2 aliphatic rings. The van der Waals surface area contributed by atoms with E-state index in [2.05, 4.69) is 34.3 Å². The van der Waals surface area contributed by atoms with E-state index in [1.807, 2.05) is 104 Å². The number of aromatic nitrogens is 2. The topological polar surface area (TPSA) is 176 Å². The molecule has 1 fully saturated rings. The maximum absolute atomic E-state index is 13.8. The predicted molar refractivity (Wildman–Crippen MR) is 296 cm³/mol. The van der Waals surface area contributed by atoms with Crippen LogP contribution in [0.2, 0.25) is 20.1 Å². The number of cyclic esters (lactones) is 2. The molecule has 10 rings (SSSR count). The van der Waals surface area contributed by atoms with Crippen molar-refractivity contribution in [1.82, 2.24) is 14.9 Å². The number of nitrogens with one attached hydrogen (secondary N) is 2. The van der Waals surface area contributed by atoms with E-state index in [0.717, 1.165) is 65.2 Å². The van der Waals surface area contributed by atoms with Crippen LogP contribution in [0.4, 0.5) is 0 Å². The summed E-state index contributed by atoms with van der Waals surface area (Å²) in [6, 6.07) is 40.7. The van der Waals surface area contributed by atoms with E-state index in [-0.39, 0.29) is 12.5 Å². The van der Waals surface area contributed by atoms with Crippen molar-refractivity contribution in [3.63, 3.8) is 0 Å². The summed E-state index contributed by atoms with van der Waals surface area (Å²) < 4.78 is 2.64. The van der Waals surface area contributed by atoms with Crippen molar-refractivity contribution in [2.24, 2.45) is 11.7 Å². The number of halogens is 4. The molecule has 11 nitrogen and oxygen atoms in total. The number of amides is 1. The largest absolute Gasteiger partial charge is 0.480 e. The average molecular weight is 1100 g/mol. The van der Waals surface area contributed by atoms with Gasteiger partial charge in [0.2, 0.25) is 5.91 Å². The number of carbonyl (C=O) groups excluding carboxylic acids is 4. The second kappa shape index (κ2) is 25.6. The van der Waals surface area contributed by atoms with Crippen molar-refractivity contribution in [3.8, 4) is 0 Å². The van der Waals surface area contributed by atoms with Crippen LogP contribution in [-0.4, -0.2) is 54.8 Å². The Morgan fingerprint density at radius 3 is 1.73 bits per heavy atom.